The van der Waals surface area contributed by atoms with Crippen LogP contribution in [0.15, 0.2) is 105 Å². The maximum absolute atomic E-state index is 10.2. The summed E-state index contributed by atoms with van der Waals surface area (Å²) in [6.07, 6.45) is 2.32. The van der Waals surface area contributed by atoms with E-state index in [1.807, 2.05) is 62.4 Å². The molecular weight excluding hydrogens is 626 g/mol. The Bertz CT molecular complexity index is 1900. The number of para-hydroxylation sites is 4. The third-order valence-electron chi connectivity index (χ3n) is 8.40. The number of phenolic OH excluding ortho intramolecular Hbond substituents is 1. The Morgan fingerprint density at radius 3 is 1.76 bits per heavy atom. The van der Waals surface area contributed by atoms with E-state index in [1.54, 1.807) is 31.4 Å². The van der Waals surface area contributed by atoms with E-state index in [2.05, 4.69) is 78.7 Å². The van der Waals surface area contributed by atoms with Gasteiger partial charge in [0.1, 0.15) is 57.8 Å². The normalized spacial score (nSPS) is 12.5. The Kier molecular flexibility index (Phi) is 12.4. The summed E-state index contributed by atoms with van der Waals surface area (Å²) in [6, 6.07) is 31.9. The maximum Gasteiger partial charge on any atom is 0.155 e. The highest BCUT2D eigenvalue weighted by Gasteiger charge is 2.33. The molecule has 4 aromatic rings. The summed E-state index contributed by atoms with van der Waals surface area (Å²) in [4.78, 5) is 17.8. The minimum absolute atomic E-state index is 0.0492. The molecule has 9 heteroatoms. The molecule has 0 saturated heterocycles. The number of benzene rings is 4. The van der Waals surface area contributed by atoms with Crippen LogP contribution in [0.3, 0.4) is 0 Å². The van der Waals surface area contributed by atoms with Crippen molar-refractivity contribution in [3.8, 4) is 23.0 Å². The van der Waals surface area contributed by atoms with Crippen LogP contribution in [0.4, 0.5) is 22.7 Å². The van der Waals surface area contributed by atoms with Crippen molar-refractivity contribution in [3.05, 3.63) is 96.1 Å². The van der Waals surface area contributed by atoms with Crippen LogP contribution in [0.2, 0.25) is 0 Å². The molecule has 4 aromatic carbocycles. The molecule has 0 saturated carbocycles. The van der Waals surface area contributed by atoms with Crippen LogP contribution in [0.1, 0.15) is 78.9 Å². The van der Waals surface area contributed by atoms with Crippen molar-refractivity contribution in [3.63, 3.8) is 0 Å². The Morgan fingerprint density at radius 2 is 1.18 bits per heavy atom. The lowest BCUT2D eigenvalue weighted by Gasteiger charge is -2.36. The molecule has 9 nitrogen and oxygen atoms in total. The van der Waals surface area contributed by atoms with Crippen LogP contribution in [-0.4, -0.2) is 36.6 Å². The second-order valence-electron chi connectivity index (χ2n) is 13.7. The molecule has 0 bridgehead atoms. The Hall–Kier alpha value is -5.20. The van der Waals surface area contributed by atoms with E-state index in [0.717, 1.165) is 24.0 Å². The zero-order valence-corrected chi connectivity index (χ0v) is 30.4. The van der Waals surface area contributed by atoms with Gasteiger partial charge in [-0.15, -0.1) is 0 Å². The molecule has 0 radical (unpaired) electrons. The molecular formula is C41H49N5O4. The summed E-state index contributed by atoms with van der Waals surface area (Å²) in [7, 11) is 1.61. The van der Waals surface area contributed by atoms with Crippen LogP contribution in [-0.2, 0) is 10.8 Å². The highest BCUT2D eigenvalue weighted by Crippen LogP contribution is 2.43. The van der Waals surface area contributed by atoms with Gasteiger partial charge >= 0.3 is 0 Å². The SMILES string of the molecule is CCCC(C)(N)Oc1ccc(C(C)(C)CC(C)(C)c2ccc(OCC)c(N=C=Nc3ccccc3OC)c2)cc1N=C=Nc1ccccc1O. The molecule has 0 fully saturated rings. The van der Waals surface area contributed by atoms with Crippen molar-refractivity contribution in [2.75, 3.05) is 13.7 Å². The molecule has 0 amide bonds. The van der Waals surface area contributed by atoms with Gasteiger partial charge in [-0.25, -0.2) is 0 Å². The highest BCUT2D eigenvalue weighted by atomic mass is 16.5. The quantitative estimate of drug-likeness (QED) is 0.0958. The molecule has 4 rings (SSSR count). The van der Waals surface area contributed by atoms with Gasteiger partial charge in [0.25, 0.3) is 0 Å². The second kappa shape index (κ2) is 16.5. The fraction of sp³-hybridized carbons (Fsp3) is 0.366. The molecule has 3 N–H and O–H groups in total. The van der Waals surface area contributed by atoms with E-state index >= 15 is 0 Å². The van der Waals surface area contributed by atoms with Gasteiger partial charge in [-0.1, -0.05) is 77.4 Å². The molecule has 50 heavy (non-hydrogen) atoms. The lowest BCUT2D eigenvalue weighted by Crippen LogP contribution is -2.42. The van der Waals surface area contributed by atoms with Gasteiger partial charge in [-0.3, -0.25) is 5.73 Å². The predicted octanol–water partition coefficient (Wildman–Crippen LogP) is 10.6. The third-order valence-corrected chi connectivity index (χ3v) is 8.40. The van der Waals surface area contributed by atoms with Gasteiger partial charge in [0.05, 0.1) is 13.7 Å². The van der Waals surface area contributed by atoms with Crippen molar-refractivity contribution in [1.82, 2.24) is 0 Å². The van der Waals surface area contributed by atoms with Crippen LogP contribution < -0.4 is 19.9 Å². The minimum atomic E-state index is -0.876. The van der Waals surface area contributed by atoms with Gasteiger partial charge < -0.3 is 19.3 Å². The number of aliphatic imine (C=N–C) groups is 4. The predicted molar refractivity (Wildman–Crippen MR) is 202 cm³/mol. The average molecular weight is 676 g/mol. The fourth-order valence-corrected chi connectivity index (χ4v) is 6.07. The Labute approximate surface area is 296 Å². The molecule has 0 aromatic heterocycles. The third kappa shape index (κ3) is 9.93. The summed E-state index contributed by atoms with van der Waals surface area (Å²) in [5, 5.41) is 10.2. The topological polar surface area (TPSA) is 123 Å². The molecule has 0 aliphatic rings. The van der Waals surface area contributed by atoms with Crippen LogP contribution in [0, 0.1) is 0 Å². The van der Waals surface area contributed by atoms with Gasteiger partial charge in [0, 0.05) is 6.42 Å². The van der Waals surface area contributed by atoms with Crippen LogP contribution in [0.25, 0.3) is 0 Å². The number of hydrogen-bond donors (Lipinski definition) is 2. The highest BCUT2D eigenvalue weighted by molar-refractivity contribution is 5.67. The fourth-order valence-electron chi connectivity index (χ4n) is 6.07. The summed E-state index contributed by atoms with van der Waals surface area (Å²) < 4.78 is 17.6. The van der Waals surface area contributed by atoms with E-state index in [9.17, 15) is 5.11 Å². The molecule has 1 unspecified atom stereocenters. The largest absolute Gasteiger partial charge is 0.506 e. The van der Waals surface area contributed by atoms with Gasteiger partial charge in [-0.05, 0) is 90.8 Å². The van der Waals surface area contributed by atoms with Crippen LogP contribution in [0.5, 0.6) is 23.0 Å². The monoisotopic (exact) mass is 675 g/mol. The number of aromatic hydroxyl groups is 1. The molecule has 0 heterocycles. The van der Waals surface area contributed by atoms with E-state index in [0.29, 0.717) is 53.0 Å². The van der Waals surface area contributed by atoms with Crippen molar-refractivity contribution < 1.29 is 19.3 Å². The van der Waals surface area contributed by atoms with E-state index in [4.69, 9.17) is 19.9 Å². The number of methoxy groups -OCH3 is 1. The first-order chi connectivity index (χ1) is 23.8. The Balaban J connectivity index is 1.68. The zero-order chi connectivity index (χ0) is 36.4. The van der Waals surface area contributed by atoms with Crippen molar-refractivity contribution in [1.29, 1.82) is 0 Å². The van der Waals surface area contributed by atoms with Crippen molar-refractivity contribution in [2.24, 2.45) is 25.7 Å². The Morgan fingerprint density at radius 1 is 0.660 bits per heavy atom. The van der Waals surface area contributed by atoms with Gasteiger partial charge in [0.2, 0.25) is 0 Å². The molecule has 1 atom stereocenters. The standard InChI is InChI=1S/C41H49N5O4/c1-9-23-41(7,42)50-38-22-20-30(25-34(38)46-27-43-31-15-11-13-17-35(31)47)40(5,6)26-39(3,4)29-19-21-37(49-10-2)33(24-29)45-28-44-32-16-12-14-18-36(32)48-8/h11-22,24-25,47H,9-10,23,26,42H2,1-8H3. The first kappa shape index (κ1) is 37.6. The first-order valence-corrected chi connectivity index (χ1v) is 16.9. The summed E-state index contributed by atoms with van der Waals surface area (Å²) >= 11 is 0. The van der Waals surface area contributed by atoms with E-state index in [1.165, 1.54) is 0 Å². The lowest BCUT2D eigenvalue weighted by molar-refractivity contribution is 0.0861. The summed E-state index contributed by atoms with van der Waals surface area (Å²) in [5.41, 5.74) is 9.39. The second-order valence-corrected chi connectivity index (χ2v) is 13.7. The number of hydrogen-bond acceptors (Lipinski definition) is 9. The minimum Gasteiger partial charge on any atom is -0.506 e. The molecule has 0 spiro atoms. The molecule has 0 aliphatic carbocycles. The van der Waals surface area contributed by atoms with E-state index in [-0.39, 0.29) is 16.6 Å². The maximum atomic E-state index is 10.2. The van der Waals surface area contributed by atoms with Gasteiger partial charge in [-0.2, -0.15) is 20.0 Å². The van der Waals surface area contributed by atoms with Gasteiger partial charge in [0.15, 0.2) is 5.72 Å². The smallest absolute Gasteiger partial charge is 0.155 e. The van der Waals surface area contributed by atoms with E-state index < -0.39 is 5.72 Å². The van der Waals surface area contributed by atoms with Crippen LogP contribution >= 0.6 is 0 Å². The summed E-state index contributed by atoms with van der Waals surface area (Å²) in [5.74, 6) is 1.89. The number of ether oxygens (including phenoxy) is 3. The number of nitrogens with zero attached hydrogens (tertiary/aromatic N) is 4. The zero-order valence-electron chi connectivity index (χ0n) is 30.4. The molecule has 0 aliphatic heterocycles. The number of rotatable bonds is 15. The van der Waals surface area contributed by atoms with Crippen molar-refractivity contribution in [2.45, 2.75) is 84.3 Å². The number of nitrogens with two attached hydrogens (primary N) is 1. The molecule has 262 valence electrons. The first-order valence-electron chi connectivity index (χ1n) is 16.9. The number of phenols is 1. The average Bonchev–Trinajstić information content (AvgIpc) is 3.06. The lowest BCUT2D eigenvalue weighted by atomic mass is 9.68. The van der Waals surface area contributed by atoms with Crippen molar-refractivity contribution >= 4 is 34.8 Å². The summed E-state index contributed by atoms with van der Waals surface area (Å²) in [6.45, 7) is 15.3.